The molecule has 4 nitrogen and oxygen atoms in total. The van der Waals surface area contributed by atoms with Crippen LogP contribution in [0.5, 0.6) is 0 Å². The van der Waals surface area contributed by atoms with E-state index in [1.165, 1.54) is 0 Å². The Morgan fingerprint density at radius 1 is 1.32 bits per heavy atom. The molecule has 2 rings (SSSR count). The molecule has 122 valence electrons. The summed E-state index contributed by atoms with van der Waals surface area (Å²) in [5.41, 5.74) is 1.15. The second kappa shape index (κ2) is 7.88. The summed E-state index contributed by atoms with van der Waals surface area (Å²) in [6.07, 6.45) is 1.23. The summed E-state index contributed by atoms with van der Waals surface area (Å²) < 4.78 is 17.2. The number of ether oxygens (including phenoxy) is 1. The predicted molar refractivity (Wildman–Crippen MR) is 89.0 cm³/mol. The van der Waals surface area contributed by atoms with E-state index in [-0.39, 0.29) is 10.7 Å². The topological polar surface area (TPSA) is 46.6 Å². The number of benzene rings is 1. The van der Waals surface area contributed by atoms with Crippen LogP contribution < -0.4 is 0 Å². The average molecular weight is 323 g/mol. The Morgan fingerprint density at radius 2 is 2.05 bits per heavy atom. The van der Waals surface area contributed by atoms with Gasteiger partial charge in [-0.3, -0.25) is 9.00 Å². The first-order valence-electron chi connectivity index (χ1n) is 7.77. The minimum absolute atomic E-state index is 0.146. The van der Waals surface area contributed by atoms with Crippen LogP contribution in [0.1, 0.15) is 32.3 Å². The summed E-state index contributed by atoms with van der Waals surface area (Å²) in [7, 11) is -0.836. The molecule has 0 radical (unpaired) electrons. The van der Waals surface area contributed by atoms with E-state index in [0.29, 0.717) is 38.5 Å². The van der Waals surface area contributed by atoms with Gasteiger partial charge < -0.3 is 9.64 Å². The van der Waals surface area contributed by atoms with Crippen LogP contribution in [0.3, 0.4) is 0 Å². The summed E-state index contributed by atoms with van der Waals surface area (Å²) in [4.78, 5) is 14.0. The van der Waals surface area contributed by atoms with Gasteiger partial charge in [0.1, 0.15) is 0 Å². The minimum Gasteiger partial charge on any atom is -0.377 e. The summed E-state index contributed by atoms with van der Waals surface area (Å²) in [5, 5.41) is 0. The van der Waals surface area contributed by atoms with Gasteiger partial charge >= 0.3 is 0 Å². The molecule has 1 amide bonds. The highest BCUT2D eigenvalue weighted by Crippen LogP contribution is 2.20. The van der Waals surface area contributed by atoms with Crippen LogP contribution >= 0.6 is 0 Å². The lowest BCUT2D eigenvalue weighted by atomic mass is 10.1. The molecule has 0 spiro atoms. The number of rotatable bonds is 6. The molecule has 1 aromatic carbocycles. The predicted octanol–water partition coefficient (Wildman–Crippen LogP) is 2.35. The Hall–Kier alpha value is -1.20. The van der Waals surface area contributed by atoms with Gasteiger partial charge in [-0.2, -0.15) is 0 Å². The number of amides is 1. The fourth-order valence-electron chi connectivity index (χ4n) is 2.54. The molecule has 1 aliphatic rings. The lowest BCUT2D eigenvalue weighted by Gasteiger charge is -2.37. The van der Waals surface area contributed by atoms with Crippen LogP contribution in [0, 0.1) is 0 Å². The van der Waals surface area contributed by atoms with Gasteiger partial charge in [0.25, 0.3) is 0 Å². The third-order valence-electron chi connectivity index (χ3n) is 3.88. The molecule has 1 aromatic rings. The minimum atomic E-state index is -0.836. The van der Waals surface area contributed by atoms with Gasteiger partial charge in [-0.05, 0) is 25.8 Å². The molecule has 1 fully saturated rings. The van der Waals surface area contributed by atoms with Crippen molar-refractivity contribution in [2.24, 2.45) is 0 Å². The van der Waals surface area contributed by atoms with Crippen molar-refractivity contribution < 1.29 is 13.7 Å². The highest BCUT2D eigenvalue weighted by Gasteiger charge is 2.34. The first-order valence-corrected chi connectivity index (χ1v) is 9.09. The number of carbonyl (C=O) groups is 1. The fraction of sp³-hybridized carbons (Fsp3) is 0.588. The molecule has 0 bridgehead atoms. The van der Waals surface area contributed by atoms with E-state index in [1.54, 1.807) is 0 Å². The van der Waals surface area contributed by atoms with Crippen molar-refractivity contribution in [3.8, 4) is 0 Å². The molecule has 0 aromatic heterocycles. The standard InChI is InChI=1S/C17H25NO3S/c1-17(2)14-18(10-12-22(17)20)16(19)9-6-11-21-13-15-7-4-3-5-8-15/h3-5,7-8H,6,9-14H2,1-2H3/t22-/m0/s1. The van der Waals surface area contributed by atoms with Crippen molar-refractivity contribution in [3.63, 3.8) is 0 Å². The van der Waals surface area contributed by atoms with E-state index in [4.69, 9.17) is 4.74 Å². The van der Waals surface area contributed by atoms with Crippen LogP contribution in [0.25, 0.3) is 0 Å². The van der Waals surface area contributed by atoms with Crippen molar-refractivity contribution in [1.29, 1.82) is 0 Å². The Bertz CT molecular complexity index is 516. The molecule has 1 saturated heterocycles. The molecule has 22 heavy (non-hydrogen) atoms. The molecule has 1 aliphatic heterocycles. The molecule has 0 N–H and O–H groups in total. The quantitative estimate of drug-likeness (QED) is 0.755. The molecule has 0 saturated carbocycles. The van der Waals surface area contributed by atoms with Gasteiger partial charge in [0.15, 0.2) is 0 Å². The molecule has 5 heteroatoms. The third kappa shape index (κ3) is 4.92. The highest BCUT2D eigenvalue weighted by molar-refractivity contribution is 7.86. The van der Waals surface area contributed by atoms with Gasteiger partial charge in [0.2, 0.25) is 5.91 Å². The van der Waals surface area contributed by atoms with E-state index in [0.717, 1.165) is 12.0 Å². The van der Waals surface area contributed by atoms with Crippen molar-refractivity contribution in [2.45, 2.75) is 38.0 Å². The van der Waals surface area contributed by atoms with Crippen molar-refractivity contribution in [2.75, 3.05) is 25.4 Å². The number of hydrogen-bond donors (Lipinski definition) is 0. The van der Waals surface area contributed by atoms with E-state index in [9.17, 15) is 9.00 Å². The highest BCUT2D eigenvalue weighted by atomic mass is 32.2. The second-order valence-corrected chi connectivity index (χ2v) is 8.47. The summed E-state index contributed by atoms with van der Waals surface area (Å²) in [6, 6.07) is 10.0. The number of nitrogens with zero attached hydrogens (tertiary/aromatic N) is 1. The lowest BCUT2D eigenvalue weighted by Crippen LogP contribution is -2.52. The summed E-state index contributed by atoms with van der Waals surface area (Å²) >= 11 is 0. The maximum absolute atomic E-state index is 12.2. The zero-order valence-electron chi connectivity index (χ0n) is 13.4. The Balaban J connectivity index is 1.65. The summed E-state index contributed by atoms with van der Waals surface area (Å²) in [6.45, 7) is 6.30. The van der Waals surface area contributed by atoms with E-state index < -0.39 is 10.8 Å². The number of hydrogen-bond acceptors (Lipinski definition) is 3. The molecule has 0 unspecified atom stereocenters. The van der Waals surface area contributed by atoms with Gasteiger partial charge in [0, 0.05) is 42.7 Å². The Kier molecular flexibility index (Phi) is 6.15. The van der Waals surface area contributed by atoms with Gasteiger partial charge in [-0.25, -0.2) is 0 Å². The molecular weight excluding hydrogens is 298 g/mol. The Labute approximate surface area is 135 Å². The normalized spacial score (nSPS) is 20.8. The molecule has 1 heterocycles. The maximum Gasteiger partial charge on any atom is 0.222 e. The van der Waals surface area contributed by atoms with Crippen LogP contribution in [0.15, 0.2) is 30.3 Å². The largest absolute Gasteiger partial charge is 0.377 e. The number of carbonyl (C=O) groups excluding carboxylic acids is 1. The van der Waals surface area contributed by atoms with Gasteiger partial charge in [0.05, 0.1) is 11.4 Å². The molecule has 0 aliphatic carbocycles. The van der Waals surface area contributed by atoms with Crippen LogP contribution in [0.2, 0.25) is 0 Å². The van der Waals surface area contributed by atoms with E-state index >= 15 is 0 Å². The lowest BCUT2D eigenvalue weighted by molar-refractivity contribution is -0.131. The monoisotopic (exact) mass is 323 g/mol. The van der Waals surface area contributed by atoms with Crippen LogP contribution in [0.4, 0.5) is 0 Å². The van der Waals surface area contributed by atoms with Gasteiger partial charge in [-0.15, -0.1) is 0 Å². The zero-order chi connectivity index (χ0) is 16.0. The van der Waals surface area contributed by atoms with Crippen LogP contribution in [-0.2, 0) is 26.9 Å². The Morgan fingerprint density at radius 3 is 2.73 bits per heavy atom. The van der Waals surface area contributed by atoms with Gasteiger partial charge in [-0.1, -0.05) is 30.3 Å². The SMILES string of the molecule is CC1(C)CN(C(=O)CCCOCc2ccccc2)CC[S@@]1=O. The first-order chi connectivity index (χ1) is 10.5. The smallest absolute Gasteiger partial charge is 0.222 e. The molecule has 1 atom stereocenters. The molecular formula is C17H25NO3S. The van der Waals surface area contributed by atoms with Crippen LogP contribution in [-0.4, -0.2) is 45.2 Å². The fourth-order valence-corrected chi connectivity index (χ4v) is 3.78. The average Bonchev–Trinajstić information content (AvgIpc) is 2.50. The van der Waals surface area contributed by atoms with Crippen molar-refractivity contribution in [1.82, 2.24) is 4.90 Å². The maximum atomic E-state index is 12.2. The van der Waals surface area contributed by atoms with Crippen molar-refractivity contribution in [3.05, 3.63) is 35.9 Å². The zero-order valence-corrected chi connectivity index (χ0v) is 14.2. The second-order valence-electron chi connectivity index (χ2n) is 6.27. The first kappa shape index (κ1) is 17.2. The third-order valence-corrected chi connectivity index (χ3v) is 5.79. The summed E-state index contributed by atoms with van der Waals surface area (Å²) in [5.74, 6) is 0.733. The van der Waals surface area contributed by atoms with E-state index in [1.807, 2.05) is 49.1 Å². The van der Waals surface area contributed by atoms with Crippen molar-refractivity contribution >= 4 is 16.7 Å². The van der Waals surface area contributed by atoms with E-state index in [2.05, 4.69) is 0 Å².